The lowest BCUT2D eigenvalue weighted by atomic mass is 10.0. The lowest BCUT2D eigenvalue weighted by Crippen LogP contribution is -2.51. The van der Waals surface area contributed by atoms with E-state index in [-0.39, 0.29) is 23.8 Å². The summed E-state index contributed by atoms with van der Waals surface area (Å²) in [5, 5.41) is 6.45. The van der Waals surface area contributed by atoms with Crippen molar-refractivity contribution in [2.24, 2.45) is 5.92 Å². The van der Waals surface area contributed by atoms with E-state index in [1.165, 1.54) is 14.2 Å². The number of nitrogens with one attached hydrogen (secondary N) is 2. The van der Waals surface area contributed by atoms with Gasteiger partial charge in [0.05, 0.1) is 20.3 Å². The van der Waals surface area contributed by atoms with Gasteiger partial charge in [-0.25, -0.2) is 0 Å². The minimum absolute atomic E-state index is 0.112. The van der Waals surface area contributed by atoms with E-state index in [1.807, 2.05) is 57.1 Å². The Bertz CT molecular complexity index is 911. The molecule has 0 aliphatic heterocycles. The van der Waals surface area contributed by atoms with E-state index in [1.54, 1.807) is 18.2 Å². The van der Waals surface area contributed by atoms with Crippen molar-refractivity contribution in [1.82, 2.24) is 15.5 Å². The summed E-state index contributed by atoms with van der Waals surface area (Å²) in [6, 6.07) is 11.6. The number of benzene rings is 2. The number of nitrogens with zero attached hydrogens (tertiary/aromatic N) is 1. The van der Waals surface area contributed by atoms with Crippen molar-refractivity contribution in [3.05, 3.63) is 58.6 Å². The maximum atomic E-state index is 13.0. The topological polar surface area (TPSA) is 79.9 Å². The van der Waals surface area contributed by atoms with Crippen molar-refractivity contribution in [3.63, 3.8) is 0 Å². The molecule has 2 amide bonds. The zero-order chi connectivity index (χ0) is 23.8. The Balaban J connectivity index is 2.14. The summed E-state index contributed by atoms with van der Waals surface area (Å²) in [7, 11) is 6.89. The number of methoxy groups -OCH3 is 2. The first kappa shape index (κ1) is 25.5. The third-order valence-electron chi connectivity index (χ3n) is 5.21. The van der Waals surface area contributed by atoms with Gasteiger partial charge in [0.1, 0.15) is 17.5 Å². The second-order valence-corrected chi connectivity index (χ2v) is 8.45. The Labute approximate surface area is 195 Å². The molecule has 32 heavy (non-hydrogen) atoms. The summed E-state index contributed by atoms with van der Waals surface area (Å²) in [6.07, 6.45) is 0. The van der Waals surface area contributed by atoms with Crippen molar-refractivity contribution in [2.75, 3.05) is 34.9 Å². The SMILES string of the molecule is COc1cc(OC)cc(C(=O)N[C@H](C(=O)NC[C@H](c2ccccc2Cl)N(C)C)C(C)C)c1. The van der Waals surface area contributed by atoms with Gasteiger partial charge in [-0.1, -0.05) is 43.6 Å². The van der Waals surface area contributed by atoms with E-state index in [4.69, 9.17) is 21.1 Å². The number of amides is 2. The van der Waals surface area contributed by atoms with Crippen molar-refractivity contribution in [2.45, 2.75) is 25.9 Å². The Morgan fingerprint density at radius 2 is 1.62 bits per heavy atom. The third kappa shape index (κ3) is 6.61. The Hall–Kier alpha value is -2.77. The van der Waals surface area contributed by atoms with Crippen LogP contribution in [-0.4, -0.2) is 57.6 Å². The highest BCUT2D eigenvalue weighted by Crippen LogP contribution is 2.26. The van der Waals surface area contributed by atoms with E-state index in [9.17, 15) is 9.59 Å². The largest absolute Gasteiger partial charge is 0.497 e. The monoisotopic (exact) mass is 461 g/mol. The van der Waals surface area contributed by atoms with E-state index in [0.29, 0.717) is 28.6 Å². The summed E-state index contributed by atoms with van der Waals surface area (Å²) >= 11 is 6.36. The molecule has 0 aromatic heterocycles. The van der Waals surface area contributed by atoms with E-state index in [2.05, 4.69) is 10.6 Å². The molecule has 2 aromatic carbocycles. The van der Waals surface area contributed by atoms with Gasteiger partial charge < -0.3 is 25.0 Å². The third-order valence-corrected chi connectivity index (χ3v) is 5.55. The number of rotatable bonds is 10. The molecule has 0 saturated heterocycles. The molecular formula is C24H32ClN3O4. The summed E-state index contributed by atoms with van der Waals surface area (Å²) in [5.74, 6) is 0.222. The van der Waals surface area contributed by atoms with Gasteiger partial charge in [0.15, 0.2) is 0 Å². The first-order valence-electron chi connectivity index (χ1n) is 10.4. The lowest BCUT2D eigenvalue weighted by molar-refractivity contribution is -0.124. The summed E-state index contributed by atoms with van der Waals surface area (Å²) in [6.45, 7) is 4.12. The molecule has 0 aliphatic carbocycles. The van der Waals surface area contributed by atoms with Crippen LogP contribution in [0.15, 0.2) is 42.5 Å². The van der Waals surface area contributed by atoms with Crippen molar-refractivity contribution < 1.29 is 19.1 Å². The predicted molar refractivity (Wildman–Crippen MR) is 127 cm³/mol. The number of hydrogen-bond acceptors (Lipinski definition) is 5. The van der Waals surface area contributed by atoms with Crippen LogP contribution >= 0.6 is 11.6 Å². The standard InChI is InChI=1S/C24H32ClN3O4/c1-15(2)22(27-23(29)16-11-17(31-5)13-18(12-16)32-6)24(30)26-14-21(28(3)4)19-9-7-8-10-20(19)25/h7-13,15,21-22H,14H2,1-6H3,(H,26,30)(H,27,29)/t21-,22+/m1/s1. The van der Waals surface area contributed by atoms with Crippen LogP contribution in [0.2, 0.25) is 5.02 Å². The van der Waals surface area contributed by atoms with Gasteiger partial charge in [0, 0.05) is 23.2 Å². The van der Waals surface area contributed by atoms with Crippen molar-refractivity contribution >= 4 is 23.4 Å². The fraction of sp³-hybridized carbons (Fsp3) is 0.417. The normalized spacial score (nSPS) is 12.9. The fourth-order valence-corrected chi connectivity index (χ4v) is 3.58. The van der Waals surface area contributed by atoms with E-state index >= 15 is 0 Å². The molecule has 0 radical (unpaired) electrons. The molecule has 7 nitrogen and oxygen atoms in total. The summed E-state index contributed by atoms with van der Waals surface area (Å²) in [5.41, 5.74) is 1.27. The highest BCUT2D eigenvalue weighted by atomic mass is 35.5. The maximum Gasteiger partial charge on any atom is 0.252 e. The van der Waals surface area contributed by atoms with Gasteiger partial charge in [-0.3, -0.25) is 9.59 Å². The van der Waals surface area contributed by atoms with Gasteiger partial charge in [-0.05, 0) is 43.8 Å². The fourth-order valence-electron chi connectivity index (χ4n) is 3.32. The molecule has 2 atom stereocenters. The second kappa shape index (κ2) is 11.7. The molecule has 0 heterocycles. The minimum atomic E-state index is -0.714. The summed E-state index contributed by atoms with van der Waals surface area (Å²) < 4.78 is 10.5. The summed E-state index contributed by atoms with van der Waals surface area (Å²) in [4.78, 5) is 27.9. The number of carbonyl (C=O) groups excluding carboxylic acids is 2. The first-order chi connectivity index (χ1) is 15.2. The smallest absolute Gasteiger partial charge is 0.252 e. The number of likely N-dealkylation sites (N-methyl/N-ethyl adjacent to an activating group) is 1. The number of carbonyl (C=O) groups is 2. The average Bonchev–Trinajstić information content (AvgIpc) is 2.77. The molecule has 0 saturated carbocycles. The minimum Gasteiger partial charge on any atom is -0.497 e. The maximum absolute atomic E-state index is 13.0. The average molecular weight is 462 g/mol. The number of halogens is 1. The lowest BCUT2D eigenvalue weighted by Gasteiger charge is -2.28. The quantitative estimate of drug-likeness (QED) is 0.565. The molecule has 0 spiro atoms. The van der Waals surface area contributed by atoms with Crippen LogP contribution in [0.25, 0.3) is 0 Å². The molecule has 2 rings (SSSR count). The molecular weight excluding hydrogens is 430 g/mol. The predicted octanol–water partition coefficient (Wildman–Crippen LogP) is 3.53. The van der Waals surface area contributed by atoms with Crippen LogP contribution in [0, 0.1) is 5.92 Å². The Morgan fingerprint density at radius 1 is 1.03 bits per heavy atom. The van der Waals surface area contributed by atoms with Gasteiger partial charge in [0.25, 0.3) is 5.91 Å². The van der Waals surface area contributed by atoms with Gasteiger partial charge >= 0.3 is 0 Å². The highest BCUT2D eigenvalue weighted by molar-refractivity contribution is 6.31. The van der Waals surface area contributed by atoms with Crippen LogP contribution in [0.3, 0.4) is 0 Å². The van der Waals surface area contributed by atoms with Crippen molar-refractivity contribution in [3.8, 4) is 11.5 Å². The molecule has 2 N–H and O–H groups in total. The van der Waals surface area contributed by atoms with Crippen LogP contribution in [0.5, 0.6) is 11.5 Å². The Morgan fingerprint density at radius 3 is 2.12 bits per heavy atom. The van der Waals surface area contributed by atoms with Gasteiger partial charge in [-0.15, -0.1) is 0 Å². The molecule has 0 unspecified atom stereocenters. The number of hydrogen-bond donors (Lipinski definition) is 2. The zero-order valence-electron chi connectivity index (χ0n) is 19.4. The van der Waals surface area contributed by atoms with Crippen LogP contribution in [0.4, 0.5) is 0 Å². The highest BCUT2D eigenvalue weighted by Gasteiger charge is 2.26. The zero-order valence-corrected chi connectivity index (χ0v) is 20.2. The first-order valence-corrected chi connectivity index (χ1v) is 10.8. The molecule has 8 heteroatoms. The van der Waals surface area contributed by atoms with Crippen LogP contribution in [-0.2, 0) is 4.79 Å². The van der Waals surface area contributed by atoms with Crippen LogP contribution in [0.1, 0.15) is 35.8 Å². The van der Waals surface area contributed by atoms with E-state index < -0.39 is 6.04 Å². The van der Waals surface area contributed by atoms with Gasteiger partial charge in [0.2, 0.25) is 5.91 Å². The second-order valence-electron chi connectivity index (χ2n) is 8.04. The van der Waals surface area contributed by atoms with E-state index in [0.717, 1.165) is 5.56 Å². The van der Waals surface area contributed by atoms with Crippen molar-refractivity contribution in [1.29, 1.82) is 0 Å². The molecule has 174 valence electrons. The molecule has 0 bridgehead atoms. The molecule has 0 fully saturated rings. The van der Waals surface area contributed by atoms with Gasteiger partial charge in [-0.2, -0.15) is 0 Å². The van der Waals surface area contributed by atoms with Crippen LogP contribution < -0.4 is 20.1 Å². The number of ether oxygens (including phenoxy) is 2. The molecule has 0 aliphatic rings. The Kier molecular flexibility index (Phi) is 9.35. The molecule has 2 aromatic rings.